The minimum absolute atomic E-state index is 0.0656. The van der Waals surface area contributed by atoms with E-state index >= 15 is 0 Å². The summed E-state index contributed by atoms with van der Waals surface area (Å²) in [7, 11) is -3.58. The van der Waals surface area contributed by atoms with Gasteiger partial charge in [0.25, 0.3) is 5.91 Å². The summed E-state index contributed by atoms with van der Waals surface area (Å²) in [5.74, 6) is 0.138. The number of fused-ring (bicyclic) bond motifs is 1. The molecule has 2 aliphatic heterocycles. The Kier molecular flexibility index (Phi) is 5.31. The maximum atomic E-state index is 13.1. The molecule has 2 aromatic carbocycles. The highest BCUT2D eigenvalue weighted by Gasteiger charge is 2.37. The standard InChI is InChI=1S/C20H22ClN3O4S/c1-29(26,27)24-14-19(28-18-8-7-15(21)13-17(18)24)20(25)23-11-9-22(10-12-23)16-5-3-2-4-6-16/h2-8,13,19H,9-12,14H2,1H3/t19-/m1/s1. The summed E-state index contributed by atoms with van der Waals surface area (Å²) in [5.41, 5.74) is 1.49. The zero-order valence-electron chi connectivity index (χ0n) is 16.0. The van der Waals surface area contributed by atoms with Crippen LogP contribution in [0, 0.1) is 0 Å². The van der Waals surface area contributed by atoms with Crippen LogP contribution in [0.15, 0.2) is 48.5 Å². The molecule has 0 aromatic heterocycles. The highest BCUT2D eigenvalue weighted by Crippen LogP contribution is 2.37. The highest BCUT2D eigenvalue weighted by molar-refractivity contribution is 7.92. The fraction of sp³-hybridized carbons (Fsp3) is 0.350. The van der Waals surface area contributed by atoms with Gasteiger partial charge in [-0.2, -0.15) is 0 Å². The van der Waals surface area contributed by atoms with Crippen molar-refractivity contribution in [2.45, 2.75) is 6.10 Å². The van der Waals surface area contributed by atoms with Crippen molar-refractivity contribution in [3.05, 3.63) is 53.6 Å². The Balaban J connectivity index is 1.49. The van der Waals surface area contributed by atoms with E-state index in [1.54, 1.807) is 17.0 Å². The molecule has 4 rings (SSSR count). The van der Waals surface area contributed by atoms with E-state index in [1.165, 1.54) is 10.4 Å². The second-order valence-electron chi connectivity index (χ2n) is 7.16. The van der Waals surface area contributed by atoms with E-state index < -0.39 is 16.1 Å². The number of ether oxygens (including phenoxy) is 1. The summed E-state index contributed by atoms with van der Waals surface area (Å²) in [5, 5.41) is 0.405. The van der Waals surface area contributed by atoms with Crippen molar-refractivity contribution in [3.8, 4) is 5.75 Å². The van der Waals surface area contributed by atoms with Crippen LogP contribution >= 0.6 is 11.6 Å². The van der Waals surface area contributed by atoms with Gasteiger partial charge in [-0.05, 0) is 30.3 Å². The molecule has 0 saturated carbocycles. The van der Waals surface area contributed by atoms with E-state index in [-0.39, 0.29) is 12.5 Å². The number of benzene rings is 2. The SMILES string of the molecule is CS(=O)(=O)N1C[C@H](C(=O)N2CCN(c3ccccc3)CC2)Oc2ccc(Cl)cc21. The Hall–Kier alpha value is -2.45. The molecular formula is C20H22ClN3O4S. The predicted octanol–water partition coefficient (Wildman–Crippen LogP) is 2.22. The summed E-state index contributed by atoms with van der Waals surface area (Å²) in [6.07, 6.45) is 0.227. The second-order valence-corrected chi connectivity index (χ2v) is 9.50. The number of amides is 1. The van der Waals surface area contributed by atoms with Crippen LogP contribution in [0.3, 0.4) is 0 Å². The molecule has 154 valence electrons. The van der Waals surface area contributed by atoms with E-state index in [4.69, 9.17) is 16.3 Å². The molecule has 7 nitrogen and oxygen atoms in total. The Bertz CT molecular complexity index is 1010. The van der Waals surface area contributed by atoms with Crippen molar-refractivity contribution < 1.29 is 17.9 Å². The van der Waals surface area contributed by atoms with E-state index in [0.717, 1.165) is 11.9 Å². The van der Waals surface area contributed by atoms with Crippen LogP contribution < -0.4 is 13.9 Å². The van der Waals surface area contributed by atoms with Gasteiger partial charge in [-0.25, -0.2) is 8.42 Å². The molecule has 9 heteroatoms. The number of hydrogen-bond acceptors (Lipinski definition) is 5. The van der Waals surface area contributed by atoms with Gasteiger partial charge in [-0.1, -0.05) is 29.8 Å². The lowest BCUT2D eigenvalue weighted by atomic mass is 10.2. The van der Waals surface area contributed by atoms with Crippen molar-refractivity contribution in [2.24, 2.45) is 0 Å². The number of carbonyl (C=O) groups excluding carboxylic acids is 1. The zero-order chi connectivity index (χ0) is 20.6. The van der Waals surface area contributed by atoms with Crippen molar-refractivity contribution >= 4 is 38.9 Å². The number of sulfonamides is 1. The summed E-state index contributed by atoms with van der Waals surface area (Å²) in [4.78, 5) is 17.0. The minimum Gasteiger partial charge on any atom is -0.476 e. The minimum atomic E-state index is -3.58. The number of rotatable bonds is 3. The van der Waals surface area contributed by atoms with Gasteiger partial charge in [0.15, 0.2) is 6.10 Å². The maximum absolute atomic E-state index is 13.1. The van der Waals surface area contributed by atoms with Crippen molar-refractivity contribution in [1.82, 2.24) is 4.90 Å². The van der Waals surface area contributed by atoms with E-state index in [0.29, 0.717) is 42.6 Å². The summed E-state index contributed by atoms with van der Waals surface area (Å²) >= 11 is 6.02. The smallest absolute Gasteiger partial charge is 0.265 e. The van der Waals surface area contributed by atoms with E-state index in [9.17, 15) is 13.2 Å². The molecule has 0 N–H and O–H groups in total. The predicted molar refractivity (Wildman–Crippen MR) is 113 cm³/mol. The van der Waals surface area contributed by atoms with Gasteiger partial charge in [0.05, 0.1) is 18.5 Å². The van der Waals surface area contributed by atoms with Crippen LogP contribution in [0.25, 0.3) is 0 Å². The first-order chi connectivity index (χ1) is 13.8. The number of hydrogen-bond donors (Lipinski definition) is 0. The summed E-state index contributed by atoms with van der Waals surface area (Å²) in [6.45, 7) is 2.47. The Morgan fingerprint density at radius 3 is 2.41 bits per heavy atom. The normalized spacial score (nSPS) is 19.5. The van der Waals surface area contributed by atoms with Gasteiger partial charge in [-0.3, -0.25) is 9.10 Å². The topological polar surface area (TPSA) is 70.2 Å². The van der Waals surface area contributed by atoms with Crippen LogP contribution in [0.4, 0.5) is 11.4 Å². The number of para-hydroxylation sites is 1. The molecule has 2 aliphatic rings. The molecular weight excluding hydrogens is 414 g/mol. The van der Waals surface area contributed by atoms with Crippen molar-refractivity contribution in [1.29, 1.82) is 0 Å². The van der Waals surface area contributed by atoms with Crippen LogP contribution in [-0.4, -0.2) is 64.3 Å². The Morgan fingerprint density at radius 1 is 1.07 bits per heavy atom. The van der Waals surface area contributed by atoms with Crippen LogP contribution in [0.2, 0.25) is 5.02 Å². The maximum Gasteiger partial charge on any atom is 0.265 e. The fourth-order valence-corrected chi connectivity index (χ4v) is 4.77. The average molecular weight is 436 g/mol. The molecule has 0 unspecified atom stereocenters. The highest BCUT2D eigenvalue weighted by atomic mass is 35.5. The molecule has 1 fully saturated rings. The van der Waals surface area contributed by atoms with Gasteiger partial charge < -0.3 is 14.5 Å². The second kappa shape index (κ2) is 7.76. The van der Waals surface area contributed by atoms with Crippen LogP contribution in [0.5, 0.6) is 5.75 Å². The molecule has 2 aromatic rings. The largest absolute Gasteiger partial charge is 0.476 e. The van der Waals surface area contributed by atoms with Crippen molar-refractivity contribution in [3.63, 3.8) is 0 Å². The lowest BCUT2D eigenvalue weighted by molar-refractivity contribution is -0.138. The van der Waals surface area contributed by atoms with Crippen LogP contribution in [0.1, 0.15) is 0 Å². The lowest BCUT2D eigenvalue weighted by Gasteiger charge is -2.40. The Labute approximate surface area is 175 Å². The van der Waals surface area contributed by atoms with E-state index in [1.807, 2.05) is 30.3 Å². The third-order valence-electron chi connectivity index (χ3n) is 5.18. The molecule has 1 atom stereocenters. The van der Waals surface area contributed by atoms with Crippen LogP contribution in [-0.2, 0) is 14.8 Å². The third kappa shape index (κ3) is 4.13. The molecule has 0 spiro atoms. The molecule has 1 saturated heterocycles. The monoisotopic (exact) mass is 435 g/mol. The number of piperazine rings is 1. The van der Waals surface area contributed by atoms with E-state index in [2.05, 4.69) is 4.90 Å². The summed E-state index contributed by atoms with van der Waals surface area (Å²) in [6, 6.07) is 14.8. The molecule has 29 heavy (non-hydrogen) atoms. The zero-order valence-corrected chi connectivity index (χ0v) is 17.6. The first-order valence-electron chi connectivity index (χ1n) is 9.35. The molecule has 0 aliphatic carbocycles. The summed E-state index contributed by atoms with van der Waals surface area (Å²) < 4.78 is 31.7. The quantitative estimate of drug-likeness (QED) is 0.739. The van der Waals surface area contributed by atoms with Gasteiger partial charge in [0, 0.05) is 36.9 Å². The number of halogens is 1. The number of nitrogens with zero attached hydrogens (tertiary/aromatic N) is 3. The molecule has 1 amide bonds. The average Bonchev–Trinajstić information content (AvgIpc) is 2.72. The third-order valence-corrected chi connectivity index (χ3v) is 6.56. The number of anilines is 2. The van der Waals surface area contributed by atoms with Gasteiger partial charge in [-0.15, -0.1) is 0 Å². The first-order valence-corrected chi connectivity index (χ1v) is 11.6. The fourth-order valence-electron chi connectivity index (χ4n) is 3.69. The van der Waals surface area contributed by atoms with Gasteiger partial charge in [0.2, 0.25) is 10.0 Å². The molecule has 2 heterocycles. The Morgan fingerprint density at radius 2 is 1.76 bits per heavy atom. The van der Waals surface area contributed by atoms with Gasteiger partial charge in [0.1, 0.15) is 5.75 Å². The number of carbonyl (C=O) groups is 1. The molecule has 0 radical (unpaired) electrons. The molecule has 0 bridgehead atoms. The lowest BCUT2D eigenvalue weighted by Crippen LogP contribution is -2.56. The van der Waals surface area contributed by atoms with Gasteiger partial charge >= 0.3 is 0 Å². The van der Waals surface area contributed by atoms with Crippen molar-refractivity contribution in [2.75, 3.05) is 48.2 Å². The first kappa shape index (κ1) is 19.8.